The van der Waals surface area contributed by atoms with E-state index in [-0.39, 0.29) is 17.7 Å². The SMILES string of the molecule is COc1ccc(CC[C@@H](C)NC(=O)[C@@H](OC)c2ccc(O)cc2)cc1. The molecular weight excluding hydrogens is 318 g/mol. The molecule has 0 aliphatic carbocycles. The van der Waals surface area contributed by atoms with Gasteiger partial charge in [0.05, 0.1) is 7.11 Å². The molecule has 2 rings (SSSR count). The first-order valence-electron chi connectivity index (χ1n) is 8.28. The number of amides is 1. The summed E-state index contributed by atoms with van der Waals surface area (Å²) < 4.78 is 10.5. The second-order valence-electron chi connectivity index (χ2n) is 6.00. The summed E-state index contributed by atoms with van der Waals surface area (Å²) in [6.07, 6.45) is 0.996. The normalized spacial score (nSPS) is 13.1. The Bertz CT molecular complexity index is 667. The van der Waals surface area contributed by atoms with Crippen LogP contribution < -0.4 is 10.1 Å². The van der Waals surface area contributed by atoms with Gasteiger partial charge in [-0.3, -0.25) is 4.79 Å². The van der Waals surface area contributed by atoms with E-state index < -0.39 is 6.10 Å². The topological polar surface area (TPSA) is 67.8 Å². The molecule has 1 amide bonds. The maximum Gasteiger partial charge on any atom is 0.253 e. The van der Waals surface area contributed by atoms with E-state index in [2.05, 4.69) is 5.32 Å². The number of benzene rings is 2. The lowest BCUT2D eigenvalue weighted by Crippen LogP contribution is -2.37. The van der Waals surface area contributed by atoms with E-state index in [0.717, 1.165) is 18.6 Å². The van der Waals surface area contributed by atoms with Crippen molar-refractivity contribution in [2.75, 3.05) is 14.2 Å². The smallest absolute Gasteiger partial charge is 0.253 e. The van der Waals surface area contributed by atoms with Crippen molar-refractivity contribution in [1.82, 2.24) is 5.32 Å². The molecule has 2 atom stereocenters. The van der Waals surface area contributed by atoms with Gasteiger partial charge in [-0.05, 0) is 55.2 Å². The number of aromatic hydroxyl groups is 1. The van der Waals surface area contributed by atoms with Crippen LogP contribution in [0.5, 0.6) is 11.5 Å². The number of phenolic OH excluding ortho intramolecular Hbond substituents is 1. The number of carbonyl (C=O) groups excluding carboxylic acids is 1. The van der Waals surface area contributed by atoms with Gasteiger partial charge in [0.1, 0.15) is 11.5 Å². The Morgan fingerprint density at radius 3 is 2.28 bits per heavy atom. The lowest BCUT2D eigenvalue weighted by Gasteiger charge is -2.20. The van der Waals surface area contributed by atoms with Crippen LogP contribution in [0.25, 0.3) is 0 Å². The Labute approximate surface area is 148 Å². The highest BCUT2D eigenvalue weighted by molar-refractivity contribution is 5.82. The fourth-order valence-electron chi connectivity index (χ4n) is 2.61. The molecule has 0 aromatic heterocycles. The number of hydrogen-bond acceptors (Lipinski definition) is 4. The van der Waals surface area contributed by atoms with Crippen LogP contribution in [0.1, 0.15) is 30.6 Å². The van der Waals surface area contributed by atoms with Crippen molar-refractivity contribution in [1.29, 1.82) is 0 Å². The first-order valence-corrected chi connectivity index (χ1v) is 8.28. The molecule has 0 unspecified atom stereocenters. The molecule has 25 heavy (non-hydrogen) atoms. The highest BCUT2D eigenvalue weighted by atomic mass is 16.5. The fourth-order valence-corrected chi connectivity index (χ4v) is 2.61. The average molecular weight is 343 g/mol. The van der Waals surface area contributed by atoms with Gasteiger partial charge in [0.25, 0.3) is 5.91 Å². The number of nitrogens with one attached hydrogen (secondary N) is 1. The molecule has 0 saturated carbocycles. The summed E-state index contributed by atoms with van der Waals surface area (Å²) in [5.41, 5.74) is 1.91. The van der Waals surface area contributed by atoms with E-state index >= 15 is 0 Å². The van der Waals surface area contributed by atoms with E-state index in [0.29, 0.717) is 5.56 Å². The van der Waals surface area contributed by atoms with Crippen LogP contribution >= 0.6 is 0 Å². The van der Waals surface area contributed by atoms with Crippen molar-refractivity contribution >= 4 is 5.91 Å². The predicted molar refractivity (Wildman–Crippen MR) is 96.8 cm³/mol. The van der Waals surface area contributed by atoms with Crippen molar-refractivity contribution in [2.24, 2.45) is 0 Å². The molecule has 5 heteroatoms. The number of carbonyl (C=O) groups is 1. The van der Waals surface area contributed by atoms with E-state index in [1.54, 1.807) is 31.4 Å². The average Bonchev–Trinajstić information content (AvgIpc) is 2.62. The van der Waals surface area contributed by atoms with Gasteiger partial charge in [0.2, 0.25) is 0 Å². The Kier molecular flexibility index (Phi) is 6.83. The minimum atomic E-state index is -0.691. The third-order valence-corrected chi connectivity index (χ3v) is 4.08. The zero-order valence-electron chi connectivity index (χ0n) is 14.9. The van der Waals surface area contributed by atoms with Crippen molar-refractivity contribution in [2.45, 2.75) is 31.9 Å². The Morgan fingerprint density at radius 1 is 1.08 bits per heavy atom. The number of hydrogen-bond donors (Lipinski definition) is 2. The molecule has 0 radical (unpaired) electrons. The maximum absolute atomic E-state index is 12.4. The minimum absolute atomic E-state index is 0.0179. The Morgan fingerprint density at radius 2 is 1.72 bits per heavy atom. The van der Waals surface area contributed by atoms with Crippen molar-refractivity contribution in [3.8, 4) is 11.5 Å². The van der Waals surface area contributed by atoms with Crippen LogP contribution in [-0.4, -0.2) is 31.3 Å². The minimum Gasteiger partial charge on any atom is -0.508 e. The molecule has 0 fully saturated rings. The highest BCUT2D eigenvalue weighted by Crippen LogP contribution is 2.20. The fraction of sp³-hybridized carbons (Fsp3) is 0.350. The van der Waals surface area contributed by atoms with Crippen molar-refractivity contribution in [3.63, 3.8) is 0 Å². The standard InChI is InChI=1S/C20H25NO4/c1-14(4-5-15-6-12-18(24-2)13-7-15)21-20(23)19(25-3)16-8-10-17(22)11-9-16/h6-14,19,22H,4-5H2,1-3H3,(H,21,23)/t14-,19+/m1/s1. The van der Waals surface area contributed by atoms with Gasteiger partial charge in [-0.15, -0.1) is 0 Å². The number of methoxy groups -OCH3 is 2. The summed E-state index contributed by atoms with van der Waals surface area (Å²) in [6, 6.07) is 14.4. The van der Waals surface area contributed by atoms with Crippen LogP contribution in [-0.2, 0) is 16.0 Å². The lowest BCUT2D eigenvalue weighted by atomic mass is 10.0. The summed E-state index contributed by atoms with van der Waals surface area (Å²) >= 11 is 0. The van der Waals surface area contributed by atoms with Crippen LogP contribution in [0.4, 0.5) is 0 Å². The van der Waals surface area contributed by atoms with Gasteiger partial charge in [-0.25, -0.2) is 0 Å². The summed E-state index contributed by atoms with van der Waals surface area (Å²) in [6.45, 7) is 1.98. The van der Waals surface area contributed by atoms with Crippen molar-refractivity contribution < 1.29 is 19.4 Å². The highest BCUT2D eigenvalue weighted by Gasteiger charge is 2.21. The van der Waals surface area contributed by atoms with Crippen LogP contribution in [0.15, 0.2) is 48.5 Å². The Hall–Kier alpha value is -2.53. The van der Waals surface area contributed by atoms with Crippen molar-refractivity contribution in [3.05, 3.63) is 59.7 Å². The monoisotopic (exact) mass is 343 g/mol. The van der Waals surface area contributed by atoms with Crippen LogP contribution in [0, 0.1) is 0 Å². The van der Waals surface area contributed by atoms with Crippen LogP contribution in [0.3, 0.4) is 0 Å². The second-order valence-corrected chi connectivity index (χ2v) is 6.00. The molecule has 5 nitrogen and oxygen atoms in total. The molecule has 0 bridgehead atoms. The van der Waals surface area contributed by atoms with Gasteiger partial charge in [0.15, 0.2) is 6.10 Å². The van der Waals surface area contributed by atoms with Gasteiger partial charge >= 0.3 is 0 Å². The summed E-state index contributed by atoms with van der Waals surface area (Å²) in [4.78, 5) is 12.4. The molecule has 0 saturated heterocycles. The first-order chi connectivity index (χ1) is 12.0. The molecule has 2 aromatic carbocycles. The van der Waals surface area contributed by atoms with E-state index in [1.807, 2.05) is 31.2 Å². The number of aryl methyl sites for hydroxylation is 1. The predicted octanol–water partition coefficient (Wildman–Crippen LogP) is 3.23. The third kappa shape index (κ3) is 5.50. The quantitative estimate of drug-likeness (QED) is 0.772. The molecule has 2 N–H and O–H groups in total. The number of phenols is 1. The summed E-state index contributed by atoms with van der Waals surface area (Å²) in [7, 11) is 3.14. The first kappa shape index (κ1) is 18.8. The summed E-state index contributed by atoms with van der Waals surface area (Å²) in [5.74, 6) is 0.809. The number of ether oxygens (including phenoxy) is 2. The molecule has 0 spiro atoms. The summed E-state index contributed by atoms with van der Waals surface area (Å²) in [5, 5.41) is 12.3. The molecule has 0 heterocycles. The van der Waals surface area contributed by atoms with E-state index in [1.165, 1.54) is 12.7 Å². The van der Waals surface area contributed by atoms with Crippen LogP contribution in [0.2, 0.25) is 0 Å². The van der Waals surface area contributed by atoms with Gasteiger partial charge in [0, 0.05) is 13.2 Å². The van der Waals surface area contributed by atoms with Gasteiger partial charge < -0.3 is 19.9 Å². The number of rotatable bonds is 8. The Balaban J connectivity index is 1.88. The zero-order chi connectivity index (χ0) is 18.2. The maximum atomic E-state index is 12.4. The second kappa shape index (κ2) is 9.08. The molecular formula is C20H25NO4. The third-order valence-electron chi connectivity index (χ3n) is 4.08. The zero-order valence-corrected chi connectivity index (χ0v) is 14.9. The largest absolute Gasteiger partial charge is 0.508 e. The molecule has 2 aromatic rings. The lowest BCUT2D eigenvalue weighted by molar-refractivity contribution is -0.132. The molecule has 0 aliphatic rings. The van der Waals surface area contributed by atoms with Gasteiger partial charge in [-0.1, -0.05) is 24.3 Å². The molecule has 0 aliphatic heterocycles. The van der Waals surface area contributed by atoms with E-state index in [9.17, 15) is 9.90 Å². The van der Waals surface area contributed by atoms with Gasteiger partial charge in [-0.2, -0.15) is 0 Å². The van der Waals surface area contributed by atoms with E-state index in [4.69, 9.17) is 9.47 Å². The molecule has 134 valence electrons.